The Morgan fingerprint density at radius 3 is 2.50 bits per heavy atom. The number of carboxylic acids is 1. The first-order valence-electron chi connectivity index (χ1n) is 7.20. The van der Waals surface area contributed by atoms with Gasteiger partial charge in [-0.1, -0.05) is 63.8 Å². The summed E-state index contributed by atoms with van der Waals surface area (Å²) >= 11 is 0. The van der Waals surface area contributed by atoms with Crippen LogP contribution in [0.25, 0.3) is 0 Å². The van der Waals surface area contributed by atoms with E-state index in [0.717, 1.165) is 19.3 Å². The zero-order valence-corrected chi connectivity index (χ0v) is 11.7. The molecule has 0 saturated carbocycles. The van der Waals surface area contributed by atoms with Gasteiger partial charge in [-0.3, -0.25) is 4.79 Å². The molecule has 0 bridgehead atoms. The van der Waals surface area contributed by atoms with Crippen LogP contribution in [0.3, 0.4) is 0 Å². The second kappa shape index (κ2) is 12.4. The SMILES string of the molecule is C=CC=CCCCCCCCC(CC)CC(=O)O. The third-order valence-electron chi connectivity index (χ3n) is 3.30. The molecule has 0 aromatic carbocycles. The molecule has 104 valence electrons. The van der Waals surface area contributed by atoms with Gasteiger partial charge in [0.1, 0.15) is 0 Å². The van der Waals surface area contributed by atoms with E-state index in [4.69, 9.17) is 5.11 Å². The number of carbonyl (C=O) groups is 1. The first-order valence-corrected chi connectivity index (χ1v) is 7.20. The molecule has 0 amide bonds. The fourth-order valence-electron chi connectivity index (χ4n) is 2.12. The van der Waals surface area contributed by atoms with E-state index >= 15 is 0 Å². The van der Waals surface area contributed by atoms with Crippen molar-refractivity contribution in [2.75, 3.05) is 0 Å². The van der Waals surface area contributed by atoms with Crippen LogP contribution in [0.15, 0.2) is 24.8 Å². The number of rotatable bonds is 12. The maximum absolute atomic E-state index is 10.6. The van der Waals surface area contributed by atoms with Crippen LogP contribution in [0.2, 0.25) is 0 Å². The zero-order valence-electron chi connectivity index (χ0n) is 11.7. The number of hydrogen-bond donors (Lipinski definition) is 1. The Balaban J connectivity index is 3.35. The topological polar surface area (TPSA) is 37.3 Å². The average Bonchev–Trinajstić information content (AvgIpc) is 2.35. The van der Waals surface area contributed by atoms with Gasteiger partial charge >= 0.3 is 5.97 Å². The van der Waals surface area contributed by atoms with Gasteiger partial charge in [0.25, 0.3) is 0 Å². The molecule has 0 aliphatic carbocycles. The predicted octanol–water partition coefficient (Wildman–Crippen LogP) is 4.96. The lowest BCUT2D eigenvalue weighted by Gasteiger charge is -2.11. The van der Waals surface area contributed by atoms with Crippen molar-refractivity contribution in [2.45, 2.75) is 64.7 Å². The standard InChI is InChI=1S/C16H28O2/c1-3-5-6-7-8-9-10-11-12-13-15(4-2)14-16(17)18/h3,5-6,15H,1,4,7-14H2,2H3,(H,17,18). The monoisotopic (exact) mass is 252 g/mol. The van der Waals surface area contributed by atoms with Crippen molar-refractivity contribution in [1.29, 1.82) is 0 Å². The largest absolute Gasteiger partial charge is 0.481 e. The van der Waals surface area contributed by atoms with E-state index in [9.17, 15) is 4.79 Å². The molecule has 0 heterocycles. The van der Waals surface area contributed by atoms with Crippen molar-refractivity contribution in [3.05, 3.63) is 24.8 Å². The number of carboxylic acid groups (broad SMARTS) is 1. The maximum atomic E-state index is 10.6. The van der Waals surface area contributed by atoms with E-state index in [1.165, 1.54) is 32.1 Å². The quantitative estimate of drug-likeness (QED) is 0.394. The summed E-state index contributed by atoms with van der Waals surface area (Å²) in [6, 6.07) is 0. The second-order valence-electron chi connectivity index (χ2n) is 4.88. The summed E-state index contributed by atoms with van der Waals surface area (Å²) in [7, 11) is 0. The molecular weight excluding hydrogens is 224 g/mol. The summed E-state index contributed by atoms with van der Waals surface area (Å²) in [4.78, 5) is 10.6. The summed E-state index contributed by atoms with van der Waals surface area (Å²) in [5.74, 6) is -0.283. The number of aliphatic carboxylic acids is 1. The van der Waals surface area contributed by atoms with Crippen molar-refractivity contribution in [3.63, 3.8) is 0 Å². The molecule has 1 atom stereocenters. The lowest BCUT2D eigenvalue weighted by molar-refractivity contribution is -0.138. The van der Waals surface area contributed by atoms with Gasteiger partial charge in [-0.2, -0.15) is 0 Å². The fourth-order valence-corrected chi connectivity index (χ4v) is 2.12. The Bertz CT molecular complexity index is 243. The molecule has 1 N–H and O–H groups in total. The molecule has 1 unspecified atom stereocenters. The third-order valence-corrected chi connectivity index (χ3v) is 3.30. The second-order valence-corrected chi connectivity index (χ2v) is 4.88. The molecule has 0 radical (unpaired) electrons. The van der Waals surface area contributed by atoms with Crippen molar-refractivity contribution in [3.8, 4) is 0 Å². The summed E-state index contributed by atoms with van der Waals surface area (Å²) in [6.45, 7) is 5.72. The Morgan fingerprint density at radius 2 is 1.89 bits per heavy atom. The average molecular weight is 252 g/mol. The first kappa shape index (κ1) is 16.9. The molecule has 0 aromatic heterocycles. The Morgan fingerprint density at radius 1 is 1.22 bits per heavy atom. The van der Waals surface area contributed by atoms with Crippen LogP contribution in [-0.4, -0.2) is 11.1 Å². The summed E-state index contributed by atoms with van der Waals surface area (Å²) in [5, 5.41) is 8.75. The van der Waals surface area contributed by atoms with Crippen LogP contribution in [-0.2, 0) is 4.79 Å². The van der Waals surface area contributed by atoms with Crippen LogP contribution in [0, 0.1) is 5.92 Å². The minimum atomic E-state index is -0.657. The van der Waals surface area contributed by atoms with E-state index in [1.54, 1.807) is 0 Å². The Kier molecular flexibility index (Phi) is 11.7. The smallest absolute Gasteiger partial charge is 0.303 e. The summed E-state index contributed by atoms with van der Waals surface area (Å²) in [6.07, 6.45) is 15.7. The minimum Gasteiger partial charge on any atom is -0.481 e. The molecule has 0 saturated heterocycles. The van der Waals surface area contributed by atoms with E-state index in [2.05, 4.69) is 19.6 Å². The Hall–Kier alpha value is -1.05. The maximum Gasteiger partial charge on any atom is 0.303 e. The van der Waals surface area contributed by atoms with Gasteiger partial charge in [0.2, 0.25) is 0 Å². The first-order chi connectivity index (χ1) is 8.70. The molecule has 2 nitrogen and oxygen atoms in total. The van der Waals surface area contributed by atoms with Crippen molar-refractivity contribution < 1.29 is 9.90 Å². The lowest BCUT2D eigenvalue weighted by atomic mass is 9.95. The van der Waals surface area contributed by atoms with E-state index < -0.39 is 5.97 Å². The van der Waals surface area contributed by atoms with Crippen molar-refractivity contribution in [2.24, 2.45) is 5.92 Å². The molecule has 0 aromatic rings. The molecular formula is C16H28O2. The predicted molar refractivity (Wildman–Crippen MR) is 77.7 cm³/mol. The van der Waals surface area contributed by atoms with Gasteiger partial charge in [-0.25, -0.2) is 0 Å². The van der Waals surface area contributed by atoms with Crippen LogP contribution in [0.5, 0.6) is 0 Å². The highest BCUT2D eigenvalue weighted by Crippen LogP contribution is 2.18. The minimum absolute atomic E-state index is 0.336. The van der Waals surface area contributed by atoms with Crippen LogP contribution in [0.1, 0.15) is 64.7 Å². The summed E-state index contributed by atoms with van der Waals surface area (Å²) < 4.78 is 0. The van der Waals surface area contributed by atoms with E-state index in [0.29, 0.717) is 12.3 Å². The number of allylic oxidation sites excluding steroid dienone is 3. The molecule has 0 fully saturated rings. The van der Waals surface area contributed by atoms with Crippen LogP contribution in [0.4, 0.5) is 0 Å². The highest BCUT2D eigenvalue weighted by Gasteiger charge is 2.10. The van der Waals surface area contributed by atoms with Gasteiger partial charge in [0, 0.05) is 6.42 Å². The zero-order chi connectivity index (χ0) is 13.6. The van der Waals surface area contributed by atoms with E-state index in [1.807, 2.05) is 12.2 Å². The normalized spacial score (nSPS) is 12.7. The summed E-state index contributed by atoms with van der Waals surface area (Å²) in [5.41, 5.74) is 0. The molecule has 0 aliphatic rings. The van der Waals surface area contributed by atoms with Crippen LogP contribution < -0.4 is 0 Å². The molecule has 0 aliphatic heterocycles. The molecule has 2 heteroatoms. The Labute approximate surface area is 112 Å². The van der Waals surface area contributed by atoms with Crippen molar-refractivity contribution in [1.82, 2.24) is 0 Å². The third kappa shape index (κ3) is 11.4. The number of hydrogen-bond acceptors (Lipinski definition) is 1. The highest BCUT2D eigenvalue weighted by atomic mass is 16.4. The van der Waals surface area contributed by atoms with Crippen LogP contribution >= 0.6 is 0 Å². The van der Waals surface area contributed by atoms with Gasteiger partial charge in [-0.15, -0.1) is 0 Å². The van der Waals surface area contributed by atoms with E-state index in [-0.39, 0.29) is 0 Å². The van der Waals surface area contributed by atoms with Crippen molar-refractivity contribution >= 4 is 5.97 Å². The van der Waals surface area contributed by atoms with Gasteiger partial charge in [0.05, 0.1) is 0 Å². The number of unbranched alkanes of at least 4 members (excludes halogenated alkanes) is 5. The van der Waals surface area contributed by atoms with Gasteiger partial charge < -0.3 is 5.11 Å². The van der Waals surface area contributed by atoms with Gasteiger partial charge in [-0.05, 0) is 25.2 Å². The lowest BCUT2D eigenvalue weighted by Crippen LogP contribution is -2.06. The fraction of sp³-hybridized carbons (Fsp3) is 0.688. The molecule has 0 spiro atoms. The molecule has 0 rings (SSSR count). The van der Waals surface area contributed by atoms with Gasteiger partial charge in [0.15, 0.2) is 0 Å². The highest BCUT2D eigenvalue weighted by molar-refractivity contribution is 5.66. The molecule has 18 heavy (non-hydrogen) atoms.